The Bertz CT molecular complexity index is 91.4. The van der Waals surface area contributed by atoms with E-state index in [0.717, 1.165) is 6.42 Å². The lowest BCUT2D eigenvalue weighted by molar-refractivity contribution is 0.836. The Hall–Kier alpha value is -0.0900. The second-order valence-corrected chi connectivity index (χ2v) is 3.50. The first-order valence-electron chi connectivity index (χ1n) is 3.93. The van der Waals surface area contributed by atoms with Crippen LogP contribution in [0.3, 0.4) is 0 Å². The molecule has 0 aromatic rings. The van der Waals surface area contributed by atoms with Gasteiger partial charge in [0.2, 0.25) is 0 Å². The zero-order valence-corrected chi connectivity index (χ0v) is 7.54. The lowest BCUT2D eigenvalue weighted by Gasteiger charge is -1.96. The van der Waals surface area contributed by atoms with E-state index in [1.54, 1.807) is 0 Å². The molecule has 0 spiro atoms. The van der Waals surface area contributed by atoms with Crippen LogP contribution in [0.2, 0.25) is 0 Å². The molecule has 0 saturated carbocycles. The summed E-state index contributed by atoms with van der Waals surface area (Å²) in [5.74, 6) is 5.24. The Kier molecular flexibility index (Phi) is 8.83. The molecule has 10 heavy (non-hydrogen) atoms. The molecule has 0 saturated heterocycles. The van der Waals surface area contributed by atoms with E-state index in [4.69, 9.17) is 6.42 Å². The minimum absolute atomic E-state index is 0.951. The topological polar surface area (TPSA) is 0 Å². The molecule has 0 bridgehead atoms. The van der Waals surface area contributed by atoms with E-state index in [-0.39, 0.29) is 0 Å². The molecule has 0 aliphatic heterocycles. The van der Waals surface area contributed by atoms with Crippen LogP contribution in [0, 0.1) is 12.3 Å². The Morgan fingerprint density at radius 3 is 2.70 bits per heavy atom. The van der Waals surface area contributed by atoms with Crippen molar-refractivity contribution in [2.75, 3.05) is 11.5 Å². The van der Waals surface area contributed by atoms with Crippen molar-refractivity contribution >= 4 is 11.8 Å². The number of hydrogen-bond donors (Lipinski definition) is 0. The molecule has 0 aromatic carbocycles. The lowest BCUT2D eigenvalue weighted by Crippen LogP contribution is -1.81. The summed E-state index contributed by atoms with van der Waals surface area (Å²) in [6.07, 6.45) is 9.84. The van der Waals surface area contributed by atoms with Crippen LogP contribution in [-0.2, 0) is 0 Å². The molecule has 0 aliphatic rings. The maximum Gasteiger partial charge on any atom is 0.00863 e. The van der Waals surface area contributed by atoms with Crippen LogP contribution >= 0.6 is 11.8 Å². The molecular weight excluding hydrogens is 140 g/mol. The molecule has 0 rings (SSSR count). The summed E-state index contributed by atoms with van der Waals surface area (Å²) in [5.41, 5.74) is 0. The molecule has 58 valence electrons. The fourth-order valence-corrected chi connectivity index (χ4v) is 1.58. The monoisotopic (exact) mass is 156 g/mol. The predicted molar refractivity (Wildman–Crippen MR) is 50.3 cm³/mol. The van der Waals surface area contributed by atoms with Gasteiger partial charge in [0.25, 0.3) is 0 Å². The van der Waals surface area contributed by atoms with Crippen molar-refractivity contribution in [1.82, 2.24) is 0 Å². The van der Waals surface area contributed by atoms with E-state index >= 15 is 0 Å². The van der Waals surface area contributed by atoms with Gasteiger partial charge in [0.15, 0.2) is 0 Å². The highest BCUT2D eigenvalue weighted by molar-refractivity contribution is 7.99. The number of hydrogen-bond acceptors (Lipinski definition) is 1. The minimum Gasteiger partial charge on any atom is -0.162 e. The maximum absolute atomic E-state index is 5.11. The van der Waals surface area contributed by atoms with Crippen LogP contribution < -0.4 is 0 Å². The summed E-state index contributed by atoms with van der Waals surface area (Å²) >= 11 is 2.04. The van der Waals surface area contributed by atoms with Crippen LogP contribution in [-0.4, -0.2) is 11.5 Å². The average Bonchev–Trinajstić information content (AvgIpc) is 1.97. The summed E-state index contributed by atoms with van der Waals surface area (Å²) < 4.78 is 0. The van der Waals surface area contributed by atoms with Crippen LogP contribution in [0.1, 0.15) is 32.6 Å². The van der Waals surface area contributed by atoms with Crippen molar-refractivity contribution in [2.24, 2.45) is 0 Å². The second-order valence-electron chi connectivity index (χ2n) is 2.27. The van der Waals surface area contributed by atoms with Crippen molar-refractivity contribution in [3.05, 3.63) is 0 Å². The van der Waals surface area contributed by atoms with Crippen LogP contribution in [0.5, 0.6) is 0 Å². The molecule has 0 N–H and O–H groups in total. The smallest absolute Gasteiger partial charge is 0.00863 e. The highest BCUT2D eigenvalue weighted by atomic mass is 32.2. The summed E-state index contributed by atoms with van der Waals surface area (Å²) in [5, 5.41) is 0. The Morgan fingerprint density at radius 2 is 2.10 bits per heavy atom. The highest BCUT2D eigenvalue weighted by Crippen LogP contribution is 2.06. The van der Waals surface area contributed by atoms with E-state index < -0.39 is 0 Å². The number of terminal acetylenes is 1. The van der Waals surface area contributed by atoms with E-state index in [1.807, 2.05) is 11.8 Å². The van der Waals surface area contributed by atoms with Gasteiger partial charge in [-0.15, -0.1) is 12.3 Å². The minimum atomic E-state index is 0.951. The van der Waals surface area contributed by atoms with Gasteiger partial charge in [0, 0.05) is 6.42 Å². The third-order valence-corrected chi connectivity index (χ3v) is 2.48. The summed E-state index contributed by atoms with van der Waals surface area (Å²) in [6, 6.07) is 0. The molecule has 0 nitrogen and oxygen atoms in total. The van der Waals surface area contributed by atoms with Gasteiger partial charge in [-0.25, -0.2) is 0 Å². The fourth-order valence-electron chi connectivity index (χ4n) is 0.678. The zero-order valence-electron chi connectivity index (χ0n) is 6.73. The first-order chi connectivity index (χ1) is 4.91. The SMILES string of the molecule is C#CCCCCSCCC. The normalized spacial score (nSPS) is 9.20. The fraction of sp³-hybridized carbons (Fsp3) is 0.778. The molecule has 0 aliphatic carbocycles. The third-order valence-electron chi connectivity index (χ3n) is 1.21. The highest BCUT2D eigenvalue weighted by Gasteiger charge is 1.86. The van der Waals surface area contributed by atoms with Crippen LogP contribution in [0.25, 0.3) is 0 Å². The number of thioether (sulfide) groups is 1. The van der Waals surface area contributed by atoms with Gasteiger partial charge in [-0.05, 0) is 30.8 Å². The molecular formula is C9H16S. The number of rotatable bonds is 6. The molecule has 0 aromatic heterocycles. The first kappa shape index (κ1) is 9.91. The van der Waals surface area contributed by atoms with Crippen molar-refractivity contribution in [2.45, 2.75) is 32.6 Å². The Labute approximate surface area is 68.8 Å². The molecule has 0 unspecified atom stereocenters. The zero-order chi connectivity index (χ0) is 7.66. The summed E-state index contributed by atoms with van der Waals surface area (Å²) in [7, 11) is 0. The Balaban J connectivity index is 2.72. The van der Waals surface area contributed by atoms with Gasteiger partial charge >= 0.3 is 0 Å². The van der Waals surface area contributed by atoms with Gasteiger partial charge < -0.3 is 0 Å². The van der Waals surface area contributed by atoms with E-state index in [1.165, 1.54) is 30.8 Å². The van der Waals surface area contributed by atoms with Gasteiger partial charge in [-0.3, -0.25) is 0 Å². The van der Waals surface area contributed by atoms with Gasteiger partial charge in [0.05, 0.1) is 0 Å². The lowest BCUT2D eigenvalue weighted by atomic mass is 10.3. The van der Waals surface area contributed by atoms with Crippen LogP contribution in [0.4, 0.5) is 0 Å². The van der Waals surface area contributed by atoms with E-state index in [0.29, 0.717) is 0 Å². The molecule has 0 radical (unpaired) electrons. The van der Waals surface area contributed by atoms with Crippen LogP contribution in [0.15, 0.2) is 0 Å². The second kappa shape index (κ2) is 8.91. The molecule has 0 amide bonds. The summed E-state index contributed by atoms with van der Waals surface area (Å²) in [6.45, 7) is 2.22. The van der Waals surface area contributed by atoms with E-state index in [9.17, 15) is 0 Å². The van der Waals surface area contributed by atoms with Gasteiger partial charge in [-0.2, -0.15) is 11.8 Å². The molecule has 0 atom stereocenters. The molecule has 0 fully saturated rings. The summed E-state index contributed by atoms with van der Waals surface area (Å²) in [4.78, 5) is 0. The maximum atomic E-state index is 5.11. The predicted octanol–water partition coefficient (Wildman–Crippen LogP) is 2.93. The van der Waals surface area contributed by atoms with Crippen molar-refractivity contribution in [3.63, 3.8) is 0 Å². The Morgan fingerprint density at radius 1 is 1.30 bits per heavy atom. The van der Waals surface area contributed by atoms with Crippen molar-refractivity contribution in [1.29, 1.82) is 0 Å². The van der Waals surface area contributed by atoms with Gasteiger partial charge in [0.1, 0.15) is 0 Å². The van der Waals surface area contributed by atoms with Crippen molar-refractivity contribution < 1.29 is 0 Å². The number of unbranched alkanes of at least 4 members (excludes halogenated alkanes) is 2. The molecule has 0 heterocycles. The standard InChI is InChI=1S/C9H16S/c1-3-5-6-7-9-10-8-4-2/h1H,4-9H2,2H3. The average molecular weight is 156 g/mol. The van der Waals surface area contributed by atoms with Gasteiger partial charge in [-0.1, -0.05) is 6.92 Å². The largest absolute Gasteiger partial charge is 0.162 e. The quantitative estimate of drug-likeness (QED) is 0.421. The van der Waals surface area contributed by atoms with Crippen molar-refractivity contribution in [3.8, 4) is 12.3 Å². The van der Waals surface area contributed by atoms with E-state index in [2.05, 4.69) is 12.8 Å². The third kappa shape index (κ3) is 7.91. The molecule has 1 heteroatoms. The first-order valence-corrected chi connectivity index (χ1v) is 5.08.